The third-order valence-electron chi connectivity index (χ3n) is 4.13. The van der Waals surface area contributed by atoms with E-state index in [1.807, 2.05) is 21.9 Å². The molecule has 1 aromatic rings. The third-order valence-corrected chi connectivity index (χ3v) is 4.78. The number of urea groups is 1. The van der Waals surface area contributed by atoms with Crippen molar-refractivity contribution in [3.63, 3.8) is 0 Å². The highest BCUT2D eigenvalue weighted by molar-refractivity contribution is 7.98. The van der Waals surface area contributed by atoms with Crippen LogP contribution in [0.4, 0.5) is 4.79 Å². The van der Waals surface area contributed by atoms with Crippen molar-refractivity contribution in [2.45, 2.75) is 38.5 Å². The lowest BCUT2D eigenvalue weighted by Gasteiger charge is -2.23. The number of aryl methyl sites for hydroxylation is 1. The number of nitrogens with zero attached hydrogens (tertiary/aromatic N) is 4. The summed E-state index contributed by atoms with van der Waals surface area (Å²) >= 11 is 1.68. The molecule has 0 fully saturated rings. The molecule has 3 amide bonds. The van der Waals surface area contributed by atoms with Crippen LogP contribution in [0.1, 0.15) is 24.2 Å². The average molecular weight is 405 g/mol. The summed E-state index contributed by atoms with van der Waals surface area (Å²) in [5.74, 6) is 0.713. The molecule has 1 aromatic heterocycles. The van der Waals surface area contributed by atoms with Gasteiger partial charge in [-0.3, -0.25) is 9.48 Å². The third kappa shape index (κ3) is 6.07. The summed E-state index contributed by atoms with van der Waals surface area (Å²) in [5.41, 5.74) is 7.65. The van der Waals surface area contributed by atoms with Crippen LogP contribution in [0.3, 0.4) is 0 Å². The number of amides is 3. The van der Waals surface area contributed by atoms with Crippen LogP contribution < -0.4 is 11.1 Å². The van der Waals surface area contributed by atoms with E-state index in [0.29, 0.717) is 19.5 Å². The van der Waals surface area contributed by atoms with Gasteiger partial charge < -0.3 is 20.9 Å². The van der Waals surface area contributed by atoms with E-state index in [1.165, 1.54) is 0 Å². The minimum Gasteiger partial charge on any atom is -0.349 e. The zero-order chi connectivity index (χ0) is 18.4. The molecule has 0 aromatic carbocycles. The summed E-state index contributed by atoms with van der Waals surface area (Å²) in [6.07, 6.45) is 3.51. The van der Waals surface area contributed by atoms with Gasteiger partial charge in [0.1, 0.15) is 0 Å². The van der Waals surface area contributed by atoms with Crippen molar-refractivity contribution in [1.82, 2.24) is 24.9 Å². The van der Waals surface area contributed by atoms with Crippen molar-refractivity contribution in [3.05, 3.63) is 17.5 Å². The molecule has 0 saturated heterocycles. The Morgan fingerprint density at radius 2 is 2.15 bits per heavy atom. The Bertz CT molecular complexity index is 610. The van der Waals surface area contributed by atoms with E-state index in [9.17, 15) is 9.59 Å². The highest BCUT2D eigenvalue weighted by Gasteiger charge is 2.22. The maximum Gasteiger partial charge on any atom is 0.319 e. The molecular weight excluding hydrogens is 376 g/mol. The van der Waals surface area contributed by atoms with Gasteiger partial charge in [-0.05, 0) is 30.9 Å². The Morgan fingerprint density at radius 1 is 1.42 bits per heavy atom. The Labute approximate surface area is 165 Å². The van der Waals surface area contributed by atoms with E-state index in [-0.39, 0.29) is 24.3 Å². The molecule has 0 saturated carbocycles. The van der Waals surface area contributed by atoms with Crippen LogP contribution in [0.25, 0.3) is 0 Å². The van der Waals surface area contributed by atoms with Crippen LogP contribution >= 0.6 is 24.2 Å². The molecule has 0 bridgehead atoms. The Kier molecular flexibility index (Phi) is 9.24. The molecule has 3 N–H and O–H groups in total. The van der Waals surface area contributed by atoms with Crippen molar-refractivity contribution in [3.8, 4) is 0 Å². The zero-order valence-corrected chi connectivity index (χ0v) is 17.2. The number of fused-ring (bicyclic) bond motifs is 1. The Morgan fingerprint density at radius 3 is 2.81 bits per heavy atom. The predicted octanol–water partition coefficient (Wildman–Crippen LogP) is 0.889. The first-order chi connectivity index (χ1) is 11.9. The Balaban J connectivity index is 0.00000338. The molecule has 0 aliphatic carbocycles. The fourth-order valence-electron chi connectivity index (χ4n) is 2.74. The standard InChI is InChI=1S/C16H28N6O2S.ClH/c1-20(2)16(24)21-6-4-7-22-13(11-21)9-12(19-22)10-18-15(23)14(17)5-8-25-3;/h9,14H,4-8,10-11,17H2,1-3H3,(H,18,23);1H/t14-;/m0./s1. The minimum absolute atomic E-state index is 0. The summed E-state index contributed by atoms with van der Waals surface area (Å²) in [6, 6.07) is 1.47. The lowest BCUT2D eigenvalue weighted by atomic mass is 10.2. The molecule has 26 heavy (non-hydrogen) atoms. The van der Waals surface area contributed by atoms with Gasteiger partial charge in [-0.25, -0.2) is 4.79 Å². The number of carbonyl (C=O) groups is 2. The topological polar surface area (TPSA) is 96.5 Å². The van der Waals surface area contributed by atoms with Gasteiger partial charge in [0.2, 0.25) is 5.91 Å². The molecule has 10 heteroatoms. The van der Waals surface area contributed by atoms with E-state index in [1.54, 1.807) is 30.8 Å². The highest BCUT2D eigenvalue weighted by Crippen LogP contribution is 2.15. The van der Waals surface area contributed by atoms with Crippen molar-refractivity contribution < 1.29 is 9.59 Å². The van der Waals surface area contributed by atoms with E-state index in [2.05, 4.69) is 10.4 Å². The number of thioether (sulfide) groups is 1. The Hall–Kier alpha value is -1.45. The first-order valence-corrected chi connectivity index (χ1v) is 9.85. The molecule has 1 atom stereocenters. The summed E-state index contributed by atoms with van der Waals surface area (Å²) < 4.78 is 1.93. The summed E-state index contributed by atoms with van der Waals surface area (Å²) in [4.78, 5) is 27.6. The van der Waals surface area contributed by atoms with E-state index in [4.69, 9.17) is 5.73 Å². The second kappa shape index (κ2) is 10.6. The number of aromatic nitrogens is 2. The maximum absolute atomic E-state index is 12.2. The van der Waals surface area contributed by atoms with Crippen LogP contribution in [0.2, 0.25) is 0 Å². The van der Waals surface area contributed by atoms with Crippen LogP contribution in [-0.2, 0) is 24.4 Å². The van der Waals surface area contributed by atoms with E-state index < -0.39 is 6.04 Å². The predicted molar refractivity (Wildman–Crippen MR) is 106 cm³/mol. The average Bonchev–Trinajstić information content (AvgIpc) is 2.86. The summed E-state index contributed by atoms with van der Waals surface area (Å²) in [5, 5.41) is 7.40. The van der Waals surface area contributed by atoms with Gasteiger partial charge in [-0.1, -0.05) is 0 Å². The molecule has 148 valence electrons. The molecule has 2 rings (SSSR count). The summed E-state index contributed by atoms with van der Waals surface area (Å²) in [6.45, 7) is 2.38. The van der Waals surface area contributed by atoms with Gasteiger partial charge in [0.25, 0.3) is 0 Å². The highest BCUT2D eigenvalue weighted by atomic mass is 35.5. The van der Waals surface area contributed by atoms with Crippen molar-refractivity contribution in [2.24, 2.45) is 5.73 Å². The van der Waals surface area contributed by atoms with Gasteiger partial charge in [0.05, 0.1) is 30.5 Å². The monoisotopic (exact) mass is 404 g/mol. The van der Waals surface area contributed by atoms with Crippen molar-refractivity contribution in [2.75, 3.05) is 32.6 Å². The van der Waals surface area contributed by atoms with E-state index in [0.717, 1.165) is 36.7 Å². The van der Waals surface area contributed by atoms with Crippen LogP contribution in [-0.4, -0.2) is 70.2 Å². The number of nitrogens with two attached hydrogens (primary N) is 1. The second-order valence-corrected chi connectivity index (χ2v) is 7.39. The lowest BCUT2D eigenvalue weighted by molar-refractivity contribution is -0.122. The quantitative estimate of drug-likeness (QED) is 0.733. The normalized spacial score (nSPS) is 14.7. The van der Waals surface area contributed by atoms with Gasteiger partial charge in [-0.2, -0.15) is 16.9 Å². The fourth-order valence-corrected chi connectivity index (χ4v) is 3.23. The van der Waals surface area contributed by atoms with Gasteiger partial charge in [-0.15, -0.1) is 12.4 Å². The molecule has 1 aliphatic rings. The number of rotatable bonds is 6. The molecule has 8 nitrogen and oxygen atoms in total. The minimum atomic E-state index is -0.485. The van der Waals surface area contributed by atoms with Gasteiger partial charge in [0, 0.05) is 27.2 Å². The lowest BCUT2D eigenvalue weighted by Crippen LogP contribution is -2.40. The first-order valence-electron chi connectivity index (χ1n) is 8.46. The SMILES string of the molecule is CSCC[C@H](N)C(=O)NCc1cc2n(n1)CCCN(C(=O)N(C)C)C2.Cl. The summed E-state index contributed by atoms with van der Waals surface area (Å²) in [7, 11) is 3.51. The largest absolute Gasteiger partial charge is 0.349 e. The second-order valence-electron chi connectivity index (χ2n) is 6.41. The van der Waals surface area contributed by atoms with Gasteiger partial charge >= 0.3 is 6.03 Å². The zero-order valence-electron chi connectivity index (χ0n) is 15.6. The molecule has 0 radical (unpaired) electrons. The fraction of sp³-hybridized carbons (Fsp3) is 0.688. The van der Waals surface area contributed by atoms with E-state index >= 15 is 0 Å². The van der Waals surface area contributed by atoms with Crippen LogP contribution in [0, 0.1) is 0 Å². The number of hydrogen-bond acceptors (Lipinski definition) is 5. The molecule has 1 aliphatic heterocycles. The molecule has 0 unspecified atom stereocenters. The van der Waals surface area contributed by atoms with Crippen molar-refractivity contribution >= 4 is 36.1 Å². The number of halogens is 1. The number of nitrogens with one attached hydrogen (secondary N) is 1. The van der Waals surface area contributed by atoms with Crippen molar-refractivity contribution in [1.29, 1.82) is 0 Å². The first kappa shape index (κ1) is 22.6. The number of hydrogen-bond donors (Lipinski definition) is 2. The van der Waals surface area contributed by atoms with Crippen LogP contribution in [0.15, 0.2) is 6.07 Å². The maximum atomic E-state index is 12.2. The molecular formula is C16H29ClN6O2S. The van der Waals surface area contributed by atoms with Crippen LogP contribution in [0.5, 0.6) is 0 Å². The smallest absolute Gasteiger partial charge is 0.319 e. The number of carbonyl (C=O) groups excluding carboxylic acids is 2. The molecule has 2 heterocycles. The molecule has 0 spiro atoms. The van der Waals surface area contributed by atoms with Gasteiger partial charge in [0.15, 0.2) is 0 Å².